The number of hydrogen-bond donors (Lipinski definition) is 2. The van der Waals surface area contributed by atoms with E-state index < -0.39 is 0 Å². The van der Waals surface area contributed by atoms with Crippen LogP contribution in [-0.4, -0.2) is 0 Å². The van der Waals surface area contributed by atoms with Gasteiger partial charge in [-0.2, -0.15) is 0 Å². The van der Waals surface area contributed by atoms with Gasteiger partial charge < -0.3 is 10.6 Å². The van der Waals surface area contributed by atoms with E-state index in [1.165, 1.54) is 0 Å². The van der Waals surface area contributed by atoms with E-state index in [0.29, 0.717) is 0 Å². The average molecular weight is 184 g/mol. The Bertz CT molecular complexity index is 341. The third-order valence-corrected chi connectivity index (χ3v) is 1.93. The van der Waals surface area contributed by atoms with Gasteiger partial charge in [0.2, 0.25) is 0 Å². The Hall–Kier alpha value is -1.96. The molecule has 0 unspecified atom stereocenters. The Balaban J connectivity index is 2.22. The second-order valence-electron chi connectivity index (χ2n) is 2.94. The summed E-state index contributed by atoms with van der Waals surface area (Å²) < 4.78 is 0. The van der Waals surface area contributed by atoms with Gasteiger partial charge >= 0.3 is 0 Å². The van der Waals surface area contributed by atoms with Crippen molar-refractivity contribution in [2.45, 2.75) is 0 Å². The van der Waals surface area contributed by atoms with Crippen molar-refractivity contribution < 1.29 is 0 Å². The zero-order chi connectivity index (χ0) is 9.64. The van der Waals surface area contributed by atoms with Crippen LogP contribution in [0.5, 0.6) is 0 Å². The maximum Gasteiger partial charge on any atom is 0.0618 e. The molecule has 2 aliphatic rings. The van der Waals surface area contributed by atoms with Crippen LogP contribution in [0.4, 0.5) is 0 Å². The van der Waals surface area contributed by atoms with Gasteiger partial charge in [0.1, 0.15) is 0 Å². The first-order chi connectivity index (χ1) is 6.97. The molecule has 2 heteroatoms. The second-order valence-corrected chi connectivity index (χ2v) is 2.94. The predicted molar refractivity (Wildman–Crippen MR) is 59.0 cm³/mol. The van der Waals surface area contributed by atoms with Crippen molar-refractivity contribution in [3.8, 4) is 0 Å². The minimum Gasteiger partial charge on any atom is -0.360 e. The highest BCUT2D eigenvalue weighted by Crippen LogP contribution is 2.08. The number of rotatable bonds is 1. The monoisotopic (exact) mass is 184 g/mol. The summed E-state index contributed by atoms with van der Waals surface area (Å²) >= 11 is 0. The minimum atomic E-state index is 1.06. The van der Waals surface area contributed by atoms with Crippen LogP contribution in [0.3, 0.4) is 0 Å². The van der Waals surface area contributed by atoms with Crippen LogP contribution >= 0.6 is 0 Å². The first-order valence-electron chi connectivity index (χ1n) is 4.57. The molecule has 0 aromatic carbocycles. The molecule has 0 atom stereocenters. The molecule has 0 aromatic heterocycles. The van der Waals surface area contributed by atoms with Crippen molar-refractivity contribution in [1.82, 2.24) is 10.6 Å². The van der Waals surface area contributed by atoms with Crippen molar-refractivity contribution in [2.75, 3.05) is 0 Å². The molecule has 2 N–H and O–H groups in total. The van der Waals surface area contributed by atoms with Crippen LogP contribution < -0.4 is 10.6 Å². The van der Waals surface area contributed by atoms with E-state index in [-0.39, 0.29) is 0 Å². The summed E-state index contributed by atoms with van der Waals surface area (Å²) in [6.07, 6.45) is 19.8. The number of allylic oxidation sites excluding steroid dienone is 8. The minimum absolute atomic E-state index is 1.06. The third kappa shape index (κ3) is 2.04. The Morgan fingerprint density at radius 2 is 1.07 bits per heavy atom. The van der Waals surface area contributed by atoms with Crippen molar-refractivity contribution in [3.63, 3.8) is 0 Å². The van der Waals surface area contributed by atoms with Gasteiger partial charge in [-0.3, -0.25) is 0 Å². The molecule has 0 spiro atoms. The molecule has 2 rings (SSSR count). The van der Waals surface area contributed by atoms with Gasteiger partial charge in [-0.05, 0) is 24.3 Å². The second kappa shape index (κ2) is 4.33. The molecule has 0 saturated carbocycles. The molecule has 70 valence electrons. The molecule has 0 saturated heterocycles. The molecule has 0 amide bonds. The molecule has 2 nitrogen and oxygen atoms in total. The van der Waals surface area contributed by atoms with Gasteiger partial charge in [0.25, 0.3) is 0 Å². The van der Waals surface area contributed by atoms with Crippen LogP contribution in [0.25, 0.3) is 0 Å². The maximum absolute atomic E-state index is 3.20. The lowest BCUT2D eigenvalue weighted by atomic mass is 10.2. The van der Waals surface area contributed by atoms with E-state index in [0.717, 1.165) is 11.4 Å². The average Bonchev–Trinajstić information content (AvgIpc) is 2.62. The van der Waals surface area contributed by atoms with Crippen molar-refractivity contribution in [1.29, 1.82) is 0 Å². The van der Waals surface area contributed by atoms with Crippen molar-refractivity contribution in [3.05, 3.63) is 72.4 Å². The maximum atomic E-state index is 3.20. The lowest BCUT2D eigenvalue weighted by molar-refractivity contribution is 0.978. The summed E-state index contributed by atoms with van der Waals surface area (Å²) in [5.41, 5.74) is 2.12. The van der Waals surface area contributed by atoms with Gasteiger partial charge in [0, 0.05) is 12.4 Å². The molecular weight excluding hydrogens is 172 g/mol. The van der Waals surface area contributed by atoms with Crippen molar-refractivity contribution in [2.24, 2.45) is 0 Å². The van der Waals surface area contributed by atoms with Crippen molar-refractivity contribution >= 4 is 0 Å². The molecule has 0 aromatic rings. The summed E-state index contributed by atoms with van der Waals surface area (Å²) in [5, 5.41) is 6.40. The quantitative estimate of drug-likeness (QED) is 0.652. The van der Waals surface area contributed by atoms with Crippen LogP contribution in [0.1, 0.15) is 0 Å². The van der Waals surface area contributed by atoms with E-state index >= 15 is 0 Å². The summed E-state index contributed by atoms with van der Waals surface area (Å²) in [6.45, 7) is 0. The molecular formula is C12H12N2. The fraction of sp³-hybridized carbons (Fsp3) is 0. The van der Waals surface area contributed by atoms with E-state index in [1.54, 1.807) is 0 Å². The normalized spacial score (nSPS) is 18.9. The Morgan fingerprint density at radius 1 is 0.571 bits per heavy atom. The Morgan fingerprint density at radius 3 is 1.57 bits per heavy atom. The lowest BCUT2D eigenvalue weighted by Gasteiger charge is -2.09. The zero-order valence-electron chi connectivity index (χ0n) is 7.77. The van der Waals surface area contributed by atoms with Crippen LogP contribution in [0.15, 0.2) is 72.4 Å². The van der Waals surface area contributed by atoms with Crippen LogP contribution in [0.2, 0.25) is 0 Å². The molecule has 0 bridgehead atoms. The lowest BCUT2D eigenvalue weighted by Crippen LogP contribution is -2.15. The van der Waals surface area contributed by atoms with Gasteiger partial charge in [0.05, 0.1) is 11.4 Å². The summed E-state index contributed by atoms with van der Waals surface area (Å²) in [4.78, 5) is 0. The standard InChI is InChI=1S/C12H12N2/c1-3-7-11(13-9-5-1)12-8-4-2-6-10-14-12/h1-10,13-14H. The number of nitrogens with one attached hydrogen (secondary N) is 2. The van der Waals surface area contributed by atoms with Gasteiger partial charge in [-0.1, -0.05) is 24.3 Å². The smallest absolute Gasteiger partial charge is 0.0618 e. The van der Waals surface area contributed by atoms with E-state index in [4.69, 9.17) is 0 Å². The Labute approximate surface area is 83.7 Å². The zero-order valence-corrected chi connectivity index (χ0v) is 7.77. The van der Waals surface area contributed by atoms with Crippen LogP contribution in [-0.2, 0) is 0 Å². The summed E-state index contributed by atoms with van der Waals surface area (Å²) in [5.74, 6) is 0. The highest BCUT2D eigenvalue weighted by Gasteiger charge is 2.01. The molecule has 14 heavy (non-hydrogen) atoms. The molecule has 2 aliphatic heterocycles. The largest absolute Gasteiger partial charge is 0.360 e. The number of hydrogen-bond acceptors (Lipinski definition) is 2. The molecule has 0 radical (unpaired) electrons. The fourth-order valence-corrected chi connectivity index (χ4v) is 1.25. The highest BCUT2D eigenvalue weighted by atomic mass is 15.0. The van der Waals surface area contributed by atoms with Gasteiger partial charge in [-0.25, -0.2) is 0 Å². The fourth-order valence-electron chi connectivity index (χ4n) is 1.25. The Kier molecular flexibility index (Phi) is 2.67. The predicted octanol–water partition coefficient (Wildman–Crippen LogP) is 2.10. The van der Waals surface area contributed by atoms with Gasteiger partial charge in [-0.15, -0.1) is 0 Å². The van der Waals surface area contributed by atoms with E-state index in [1.807, 2.05) is 61.0 Å². The first kappa shape index (κ1) is 8.63. The SMILES string of the molecule is C1=CC=C(C2=CC=CC=CN2)NC=C1. The molecule has 2 heterocycles. The first-order valence-corrected chi connectivity index (χ1v) is 4.57. The topological polar surface area (TPSA) is 24.1 Å². The van der Waals surface area contributed by atoms with E-state index in [9.17, 15) is 0 Å². The molecule has 0 aliphatic carbocycles. The molecule has 0 fully saturated rings. The van der Waals surface area contributed by atoms with Gasteiger partial charge in [0.15, 0.2) is 0 Å². The summed E-state index contributed by atoms with van der Waals surface area (Å²) in [7, 11) is 0. The summed E-state index contributed by atoms with van der Waals surface area (Å²) in [6, 6.07) is 0. The third-order valence-electron chi connectivity index (χ3n) is 1.93. The van der Waals surface area contributed by atoms with Crippen LogP contribution in [0, 0.1) is 0 Å². The van der Waals surface area contributed by atoms with E-state index in [2.05, 4.69) is 10.6 Å². The highest BCUT2D eigenvalue weighted by molar-refractivity contribution is 5.39.